The van der Waals surface area contributed by atoms with Gasteiger partial charge in [0.05, 0.1) is 17.6 Å². The number of aliphatic hydroxyl groups is 1. The van der Waals surface area contributed by atoms with Gasteiger partial charge in [0.2, 0.25) is 0 Å². The van der Waals surface area contributed by atoms with E-state index in [1.54, 1.807) is 18.3 Å². The molecule has 0 saturated carbocycles. The molecule has 0 aliphatic rings. The second-order valence-electron chi connectivity index (χ2n) is 4.36. The third-order valence-electron chi connectivity index (χ3n) is 2.68. The van der Waals surface area contributed by atoms with Crippen molar-refractivity contribution in [2.24, 2.45) is 0 Å². The minimum absolute atomic E-state index is 0.0454. The normalized spacial score (nSPS) is 12.4. The Hall–Kier alpha value is -0.960. The Balaban J connectivity index is 2.28. The molecule has 0 fully saturated rings. The van der Waals surface area contributed by atoms with Crippen molar-refractivity contribution in [3.05, 3.63) is 41.9 Å². The van der Waals surface area contributed by atoms with Gasteiger partial charge in [0, 0.05) is 32.7 Å². The molecular formula is C12H13BrN2O3S2. The smallest absolute Gasteiger partial charge is 0.304 e. The summed E-state index contributed by atoms with van der Waals surface area (Å²) < 4.78 is 1.01. The highest BCUT2D eigenvalue weighted by atomic mass is 79.9. The number of hydrogen-bond donors (Lipinski definition) is 1. The number of halogens is 1. The van der Waals surface area contributed by atoms with Crippen LogP contribution in [0.4, 0.5) is 10.7 Å². The van der Waals surface area contributed by atoms with Crippen LogP contribution in [0.5, 0.6) is 0 Å². The monoisotopic (exact) mass is 376 g/mol. The average molecular weight is 377 g/mol. The summed E-state index contributed by atoms with van der Waals surface area (Å²) in [7, 11) is 1.82. The molecule has 0 amide bonds. The van der Waals surface area contributed by atoms with Gasteiger partial charge < -0.3 is 10.0 Å². The Morgan fingerprint density at radius 3 is 2.75 bits per heavy atom. The third-order valence-corrected chi connectivity index (χ3v) is 5.77. The molecule has 0 radical (unpaired) electrons. The minimum atomic E-state index is -0.697. The fourth-order valence-electron chi connectivity index (χ4n) is 1.74. The lowest BCUT2D eigenvalue weighted by Crippen LogP contribution is -2.15. The van der Waals surface area contributed by atoms with Gasteiger partial charge in [-0.3, -0.25) is 10.1 Å². The lowest BCUT2D eigenvalue weighted by atomic mass is 10.3. The van der Waals surface area contributed by atoms with Crippen molar-refractivity contribution in [1.82, 2.24) is 0 Å². The molecule has 0 aromatic carbocycles. The predicted octanol–water partition coefficient (Wildman–Crippen LogP) is 4.17. The number of thiophene rings is 2. The highest BCUT2D eigenvalue weighted by Crippen LogP contribution is 2.40. The lowest BCUT2D eigenvalue weighted by molar-refractivity contribution is -0.383. The van der Waals surface area contributed by atoms with Gasteiger partial charge >= 0.3 is 5.69 Å². The first-order valence-electron chi connectivity index (χ1n) is 5.78. The number of nitrogens with zero attached hydrogens (tertiary/aromatic N) is 2. The standard InChI is InChI=1S/C12H13BrN2O3S2/c1-7(16)11-4-10(15(17)18)12(20-11)14(2)5-9-3-8(13)6-19-9/h3-4,6-7,16H,5H2,1-2H3/t7-/m0/s1. The van der Waals surface area contributed by atoms with Gasteiger partial charge in [0.25, 0.3) is 0 Å². The van der Waals surface area contributed by atoms with Crippen LogP contribution in [0.15, 0.2) is 22.0 Å². The molecule has 20 heavy (non-hydrogen) atoms. The van der Waals surface area contributed by atoms with Gasteiger partial charge in [-0.25, -0.2) is 0 Å². The quantitative estimate of drug-likeness (QED) is 0.627. The van der Waals surface area contributed by atoms with Gasteiger partial charge in [-0.1, -0.05) is 0 Å². The van der Waals surface area contributed by atoms with Gasteiger partial charge in [-0.05, 0) is 28.9 Å². The van der Waals surface area contributed by atoms with Crippen molar-refractivity contribution in [2.45, 2.75) is 19.6 Å². The Bertz CT molecular complexity index is 624. The molecule has 0 aliphatic carbocycles. The van der Waals surface area contributed by atoms with Crippen LogP contribution in [0.2, 0.25) is 0 Å². The van der Waals surface area contributed by atoms with Crippen LogP contribution < -0.4 is 4.90 Å². The first kappa shape index (κ1) is 15.4. The third kappa shape index (κ3) is 3.38. The van der Waals surface area contributed by atoms with Crippen LogP contribution >= 0.6 is 38.6 Å². The number of rotatable bonds is 5. The molecule has 2 aromatic rings. The Labute approximate surface area is 132 Å². The maximum absolute atomic E-state index is 11.1. The van der Waals surface area contributed by atoms with Gasteiger partial charge in [-0.2, -0.15) is 0 Å². The second kappa shape index (κ2) is 6.21. The van der Waals surface area contributed by atoms with Crippen molar-refractivity contribution in [1.29, 1.82) is 0 Å². The van der Waals surface area contributed by atoms with Gasteiger partial charge in [-0.15, -0.1) is 22.7 Å². The van der Waals surface area contributed by atoms with E-state index in [1.807, 2.05) is 23.4 Å². The van der Waals surface area contributed by atoms with Crippen molar-refractivity contribution >= 4 is 49.3 Å². The van der Waals surface area contributed by atoms with E-state index >= 15 is 0 Å². The van der Waals surface area contributed by atoms with Crippen LogP contribution in [-0.2, 0) is 6.54 Å². The van der Waals surface area contributed by atoms with Crippen LogP contribution in [0.3, 0.4) is 0 Å². The fourth-order valence-corrected chi connectivity index (χ4v) is 4.27. The van der Waals surface area contributed by atoms with Crippen LogP contribution in [0.25, 0.3) is 0 Å². The molecule has 1 atom stereocenters. The zero-order valence-corrected chi connectivity index (χ0v) is 14.1. The number of anilines is 1. The molecule has 108 valence electrons. The zero-order chi connectivity index (χ0) is 14.9. The summed E-state index contributed by atoms with van der Waals surface area (Å²) in [5.41, 5.74) is 0.0454. The highest BCUT2D eigenvalue weighted by Gasteiger charge is 2.24. The Kier molecular flexibility index (Phi) is 4.79. The molecular weight excluding hydrogens is 364 g/mol. The van der Waals surface area contributed by atoms with Crippen molar-refractivity contribution in [3.63, 3.8) is 0 Å². The second-order valence-corrected chi connectivity index (χ2v) is 7.33. The van der Waals surface area contributed by atoms with E-state index in [0.29, 0.717) is 16.4 Å². The van der Waals surface area contributed by atoms with Crippen molar-refractivity contribution < 1.29 is 10.0 Å². The summed E-state index contributed by atoms with van der Waals surface area (Å²) in [5, 5.41) is 23.2. The maximum atomic E-state index is 11.1. The van der Waals surface area contributed by atoms with E-state index in [0.717, 1.165) is 9.35 Å². The molecule has 0 spiro atoms. The molecule has 2 heterocycles. The molecule has 0 saturated heterocycles. The van der Waals surface area contributed by atoms with E-state index in [1.165, 1.54) is 17.4 Å². The van der Waals surface area contributed by atoms with Crippen molar-refractivity contribution in [3.8, 4) is 0 Å². The van der Waals surface area contributed by atoms with Gasteiger partial charge in [0.15, 0.2) is 5.00 Å². The van der Waals surface area contributed by atoms with Crippen LogP contribution in [-0.4, -0.2) is 17.1 Å². The minimum Gasteiger partial charge on any atom is -0.388 e. The van der Waals surface area contributed by atoms with E-state index in [4.69, 9.17) is 0 Å². The first-order valence-corrected chi connectivity index (χ1v) is 8.27. The molecule has 1 N–H and O–H groups in total. The van der Waals surface area contributed by atoms with Crippen LogP contribution in [0, 0.1) is 10.1 Å². The summed E-state index contributed by atoms with van der Waals surface area (Å²) in [5.74, 6) is 0. The summed E-state index contributed by atoms with van der Waals surface area (Å²) >= 11 is 6.25. The lowest BCUT2D eigenvalue weighted by Gasteiger charge is -2.15. The average Bonchev–Trinajstić information content (AvgIpc) is 2.95. The van der Waals surface area contributed by atoms with Gasteiger partial charge in [0.1, 0.15) is 0 Å². The zero-order valence-electron chi connectivity index (χ0n) is 10.9. The Morgan fingerprint density at radius 2 is 2.25 bits per heavy atom. The molecule has 0 aliphatic heterocycles. The predicted molar refractivity (Wildman–Crippen MR) is 85.7 cm³/mol. The maximum Gasteiger partial charge on any atom is 0.304 e. The number of nitro groups is 1. The van der Waals surface area contributed by atoms with E-state index in [-0.39, 0.29) is 5.69 Å². The van der Waals surface area contributed by atoms with Crippen LogP contribution in [0.1, 0.15) is 22.8 Å². The molecule has 2 aromatic heterocycles. The van der Waals surface area contributed by atoms with E-state index in [2.05, 4.69) is 15.9 Å². The summed E-state index contributed by atoms with van der Waals surface area (Å²) in [6.07, 6.45) is -0.697. The molecule has 2 rings (SSSR count). The molecule has 5 nitrogen and oxygen atoms in total. The summed E-state index contributed by atoms with van der Waals surface area (Å²) in [6, 6.07) is 3.45. The molecule has 8 heteroatoms. The first-order chi connectivity index (χ1) is 9.38. The number of aliphatic hydroxyl groups excluding tert-OH is 1. The SMILES string of the molecule is C[C@H](O)c1cc([N+](=O)[O-])c(N(C)Cc2cc(Br)cs2)s1. The largest absolute Gasteiger partial charge is 0.388 e. The topological polar surface area (TPSA) is 66.6 Å². The number of hydrogen-bond acceptors (Lipinski definition) is 6. The fraction of sp³-hybridized carbons (Fsp3) is 0.333. The molecule has 0 unspecified atom stereocenters. The summed E-state index contributed by atoms with van der Waals surface area (Å²) in [4.78, 5) is 14.3. The Morgan fingerprint density at radius 1 is 1.55 bits per heavy atom. The molecule has 0 bridgehead atoms. The van der Waals surface area contributed by atoms with E-state index in [9.17, 15) is 15.2 Å². The van der Waals surface area contributed by atoms with Crippen molar-refractivity contribution in [2.75, 3.05) is 11.9 Å². The van der Waals surface area contributed by atoms with E-state index < -0.39 is 11.0 Å². The highest BCUT2D eigenvalue weighted by molar-refractivity contribution is 9.10. The summed E-state index contributed by atoms with van der Waals surface area (Å²) in [6.45, 7) is 2.20.